The number of rotatable bonds is 10. The molecule has 0 unspecified atom stereocenters. The van der Waals surface area contributed by atoms with Crippen LogP contribution in [0.3, 0.4) is 0 Å². The van der Waals surface area contributed by atoms with Gasteiger partial charge in [-0.15, -0.1) is 0 Å². The fourth-order valence-electron chi connectivity index (χ4n) is 1.16. The standard InChI is InChI=1S/C10H18N2O6/c1-18-12(7-4-10(16)17)8(13)2-5-11-6-3-9(14)15/h11H,2-7H2,1H3,(H,14,15)(H,16,17). The molecule has 0 saturated heterocycles. The fraction of sp³-hybridized carbons (Fsp3) is 0.700. The Hall–Kier alpha value is -1.67. The third-order valence-corrected chi connectivity index (χ3v) is 2.06. The minimum atomic E-state index is -1.01. The van der Waals surface area contributed by atoms with Crippen molar-refractivity contribution in [2.24, 2.45) is 0 Å². The molecule has 8 nitrogen and oxygen atoms in total. The van der Waals surface area contributed by atoms with Crippen LogP contribution in [-0.4, -0.2) is 59.9 Å². The second-order valence-corrected chi connectivity index (χ2v) is 3.47. The van der Waals surface area contributed by atoms with Crippen LogP contribution in [0.5, 0.6) is 0 Å². The smallest absolute Gasteiger partial charge is 0.305 e. The first kappa shape index (κ1) is 16.3. The second-order valence-electron chi connectivity index (χ2n) is 3.47. The van der Waals surface area contributed by atoms with E-state index in [1.807, 2.05) is 0 Å². The zero-order valence-corrected chi connectivity index (χ0v) is 10.2. The van der Waals surface area contributed by atoms with E-state index in [9.17, 15) is 14.4 Å². The molecule has 0 fully saturated rings. The predicted molar refractivity (Wildman–Crippen MR) is 60.7 cm³/mol. The van der Waals surface area contributed by atoms with Crippen molar-refractivity contribution in [3.8, 4) is 0 Å². The SMILES string of the molecule is CON(CCC(=O)O)C(=O)CCNCCC(=O)O. The summed E-state index contributed by atoms with van der Waals surface area (Å²) < 4.78 is 0. The van der Waals surface area contributed by atoms with Crippen molar-refractivity contribution >= 4 is 17.8 Å². The highest BCUT2D eigenvalue weighted by atomic mass is 16.7. The van der Waals surface area contributed by atoms with Gasteiger partial charge in [-0.2, -0.15) is 0 Å². The van der Waals surface area contributed by atoms with Crippen LogP contribution in [0.1, 0.15) is 19.3 Å². The van der Waals surface area contributed by atoms with E-state index in [1.54, 1.807) is 0 Å². The highest BCUT2D eigenvalue weighted by Crippen LogP contribution is 1.96. The summed E-state index contributed by atoms with van der Waals surface area (Å²) >= 11 is 0. The van der Waals surface area contributed by atoms with Crippen molar-refractivity contribution in [3.63, 3.8) is 0 Å². The van der Waals surface area contributed by atoms with E-state index in [0.717, 1.165) is 5.06 Å². The van der Waals surface area contributed by atoms with E-state index in [2.05, 4.69) is 5.32 Å². The van der Waals surface area contributed by atoms with Crippen molar-refractivity contribution in [2.45, 2.75) is 19.3 Å². The third kappa shape index (κ3) is 8.48. The average Bonchev–Trinajstić information content (AvgIpc) is 2.28. The number of hydroxylamine groups is 2. The van der Waals surface area contributed by atoms with Crippen LogP contribution >= 0.6 is 0 Å². The number of nitrogens with one attached hydrogen (secondary N) is 1. The second kappa shape index (κ2) is 9.37. The van der Waals surface area contributed by atoms with Gasteiger partial charge in [-0.05, 0) is 0 Å². The zero-order valence-electron chi connectivity index (χ0n) is 10.2. The zero-order chi connectivity index (χ0) is 14.0. The molecule has 0 rings (SSSR count). The molecule has 0 atom stereocenters. The van der Waals surface area contributed by atoms with Gasteiger partial charge in [0.1, 0.15) is 0 Å². The topological polar surface area (TPSA) is 116 Å². The number of carbonyl (C=O) groups excluding carboxylic acids is 1. The summed E-state index contributed by atoms with van der Waals surface area (Å²) in [6, 6.07) is 0. The van der Waals surface area contributed by atoms with Gasteiger partial charge in [0, 0.05) is 19.5 Å². The molecule has 0 aromatic carbocycles. The molecule has 0 aliphatic carbocycles. The molecule has 8 heteroatoms. The summed E-state index contributed by atoms with van der Waals surface area (Å²) in [5.41, 5.74) is 0. The van der Waals surface area contributed by atoms with Gasteiger partial charge >= 0.3 is 11.9 Å². The molecule has 0 aromatic heterocycles. The number of carbonyl (C=O) groups is 3. The summed E-state index contributed by atoms with van der Waals surface area (Å²) in [4.78, 5) is 36.8. The lowest BCUT2D eigenvalue weighted by atomic mass is 10.3. The summed E-state index contributed by atoms with van der Waals surface area (Å²) in [5.74, 6) is -2.26. The number of hydrogen-bond donors (Lipinski definition) is 3. The normalized spacial score (nSPS) is 10.1. The Kier molecular flexibility index (Phi) is 8.50. The monoisotopic (exact) mass is 262 g/mol. The lowest BCUT2D eigenvalue weighted by molar-refractivity contribution is -0.177. The van der Waals surface area contributed by atoms with E-state index >= 15 is 0 Å². The Bertz CT molecular complexity index is 294. The van der Waals surface area contributed by atoms with Crippen molar-refractivity contribution < 1.29 is 29.4 Å². The van der Waals surface area contributed by atoms with Gasteiger partial charge in [-0.25, -0.2) is 5.06 Å². The highest BCUT2D eigenvalue weighted by molar-refractivity contribution is 5.76. The molecule has 0 aliphatic heterocycles. The Balaban J connectivity index is 3.76. The average molecular weight is 262 g/mol. The lowest BCUT2D eigenvalue weighted by Crippen LogP contribution is -2.34. The van der Waals surface area contributed by atoms with E-state index < -0.39 is 11.9 Å². The number of carboxylic acid groups (broad SMARTS) is 2. The van der Waals surface area contributed by atoms with Crippen molar-refractivity contribution in [1.29, 1.82) is 0 Å². The third-order valence-electron chi connectivity index (χ3n) is 2.06. The van der Waals surface area contributed by atoms with Crippen LogP contribution in [0, 0.1) is 0 Å². The lowest BCUT2D eigenvalue weighted by Gasteiger charge is -2.18. The van der Waals surface area contributed by atoms with Gasteiger partial charge in [-0.3, -0.25) is 19.2 Å². The number of aliphatic carboxylic acids is 2. The number of carboxylic acids is 2. The van der Waals surface area contributed by atoms with Crippen LogP contribution in [0.25, 0.3) is 0 Å². The largest absolute Gasteiger partial charge is 0.481 e. The molecule has 0 bridgehead atoms. The molecule has 0 radical (unpaired) electrons. The van der Waals surface area contributed by atoms with E-state index in [4.69, 9.17) is 15.1 Å². The van der Waals surface area contributed by atoms with E-state index in [0.29, 0.717) is 6.54 Å². The molecule has 3 N–H and O–H groups in total. The quantitative estimate of drug-likeness (QED) is 0.352. The first-order chi connectivity index (χ1) is 8.47. The van der Waals surface area contributed by atoms with Crippen LogP contribution in [0.4, 0.5) is 0 Å². The van der Waals surface area contributed by atoms with Crippen LogP contribution < -0.4 is 5.32 Å². The Morgan fingerprint density at radius 1 is 1.06 bits per heavy atom. The Morgan fingerprint density at radius 3 is 2.11 bits per heavy atom. The first-order valence-electron chi connectivity index (χ1n) is 5.46. The Labute approximate surface area is 104 Å². The summed E-state index contributed by atoms with van der Waals surface area (Å²) in [7, 11) is 1.29. The minimum Gasteiger partial charge on any atom is -0.481 e. The van der Waals surface area contributed by atoms with Gasteiger partial charge < -0.3 is 15.5 Å². The first-order valence-corrected chi connectivity index (χ1v) is 5.46. The molecule has 0 heterocycles. The summed E-state index contributed by atoms with van der Waals surface area (Å²) in [6.07, 6.45) is -0.0830. The van der Waals surface area contributed by atoms with Gasteiger partial charge in [0.05, 0.1) is 26.5 Å². The molecular weight excluding hydrogens is 244 g/mol. The van der Waals surface area contributed by atoms with E-state index in [1.165, 1.54) is 7.11 Å². The predicted octanol–water partition coefficient (Wildman–Crippen LogP) is -0.694. The summed E-state index contributed by atoms with van der Waals surface area (Å²) in [5, 5.41) is 20.6. The maximum Gasteiger partial charge on any atom is 0.305 e. The maximum atomic E-state index is 11.5. The van der Waals surface area contributed by atoms with Crippen molar-refractivity contribution in [2.75, 3.05) is 26.7 Å². The van der Waals surface area contributed by atoms with Gasteiger partial charge in [0.15, 0.2) is 0 Å². The molecule has 1 amide bonds. The number of nitrogens with zero attached hydrogens (tertiary/aromatic N) is 1. The van der Waals surface area contributed by atoms with Crippen LogP contribution in [0.2, 0.25) is 0 Å². The van der Waals surface area contributed by atoms with Gasteiger partial charge in [0.2, 0.25) is 5.91 Å². The molecule has 0 aromatic rings. The van der Waals surface area contributed by atoms with Gasteiger partial charge in [-0.1, -0.05) is 0 Å². The van der Waals surface area contributed by atoms with Crippen LogP contribution in [0.15, 0.2) is 0 Å². The Morgan fingerprint density at radius 2 is 1.61 bits per heavy atom. The minimum absolute atomic E-state index is 0.0127. The molecule has 0 aliphatic rings. The fourth-order valence-corrected chi connectivity index (χ4v) is 1.16. The number of amides is 1. The van der Waals surface area contributed by atoms with Crippen molar-refractivity contribution in [3.05, 3.63) is 0 Å². The molecule has 0 saturated carbocycles. The maximum absolute atomic E-state index is 11.5. The highest BCUT2D eigenvalue weighted by Gasteiger charge is 2.13. The molecule has 18 heavy (non-hydrogen) atoms. The van der Waals surface area contributed by atoms with Gasteiger partial charge in [0.25, 0.3) is 0 Å². The molecule has 0 spiro atoms. The van der Waals surface area contributed by atoms with E-state index in [-0.39, 0.29) is 38.3 Å². The van der Waals surface area contributed by atoms with Crippen molar-refractivity contribution in [1.82, 2.24) is 10.4 Å². The molecular formula is C10H18N2O6. The number of hydrogen-bond acceptors (Lipinski definition) is 5. The molecule has 104 valence electrons. The summed E-state index contributed by atoms with van der Waals surface area (Å²) in [6.45, 7) is 0.587. The van der Waals surface area contributed by atoms with Crippen LogP contribution in [-0.2, 0) is 19.2 Å².